The Labute approximate surface area is 158 Å². The number of carbonyl (C=O) groups excluding carboxylic acids is 1. The smallest absolute Gasteiger partial charge is 0.251 e. The van der Waals surface area contributed by atoms with E-state index in [1.165, 1.54) is 0 Å². The molecule has 1 aromatic rings. The molecule has 0 unspecified atom stereocenters. The van der Waals surface area contributed by atoms with Crippen molar-refractivity contribution in [1.82, 2.24) is 20.9 Å². The number of amides is 1. The van der Waals surface area contributed by atoms with Gasteiger partial charge in [0.25, 0.3) is 5.91 Å². The van der Waals surface area contributed by atoms with Crippen LogP contribution >= 0.6 is 0 Å². The summed E-state index contributed by atoms with van der Waals surface area (Å²) in [5.74, 6) is 0.787. The molecule has 0 bridgehead atoms. The molecule has 0 fully saturated rings. The Hall–Kier alpha value is -2.08. The molecule has 1 aromatic carbocycles. The van der Waals surface area contributed by atoms with Gasteiger partial charge in [-0.3, -0.25) is 14.7 Å². The number of likely N-dealkylation sites (N-methyl/N-ethyl adjacent to an activating group) is 1. The quantitative estimate of drug-likeness (QED) is 0.440. The fourth-order valence-electron chi connectivity index (χ4n) is 2.75. The first kappa shape index (κ1) is 22.0. The van der Waals surface area contributed by atoms with Gasteiger partial charge >= 0.3 is 0 Å². The summed E-state index contributed by atoms with van der Waals surface area (Å²) in [5, 5.41) is 9.31. The Kier molecular flexibility index (Phi) is 10.4. The van der Waals surface area contributed by atoms with Crippen LogP contribution in [0.25, 0.3) is 0 Å². The lowest BCUT2D eigenvalue weighted by atomic mass is 10.1. The highest BCUT2D eigenvalue weighted by molar-refractivity contribution is 5.94. The van der Waals surface area contributed by atoms with Gasteiger partial charge in [-0.25, -0.2) is 0 Å². The summed E-state index contributed by atoms with van der Waals surface area (Å²) in [6.45, 7) is 13.0. The molecule has 0 aliphatic heterocycles. The van der Waals surface area contributed by atoms with Crippen molar-refractivity contribution in [2.45, 2.75) is 40.2 Å². The molecule has 0 aromatic heterocycles. The highest BCUT2D eigenvalue weighted by Gasteiger charge is 2.06. The first-order valence-electron chi connectivity index (χ1n) is 9.59. The summed E-state index contributed by atoms with van der Waals surface area (Å²) in [7, 11) is 1.65. The summed E-state index contributed by atoms with van der Waals surface area (Å²) < 4.78 is 0. The fourth-order valence-corrected chi connectivity index (χ4v) is 2.75. The van der Waals surface area contributed by atoms with Crippen LogP contribution in [0.5, 0.6) is 0 Å². The van der Waals surface area contributed by atoms with Crippen LogP contribution < -0.4 is 16.0 Å². The van der Waals surface area contributed by atoms with Gasteiger partial charge in [0.1, 0.15) is 0 Å². The minimum absolute atomic E-state index is 0.0552. The summed E-state index contributed by atoms with van der Waals surface area (Å²) in [6.07, 6.45) is 0.836. The van der Waals surface area contributed by atoms with Crippen molar-refractivity contribution in [2.24, 2.45) is 4.99 Å². The lowest BCUT2D eigenvalue weighted by Crippen LogP contribution is -2.39. The maximum Gasteiger partial charge on any atom is 0.251 e. The third kappa shape index (κ3) is 7.87. The lowest BCUT2D eigenvalue weighted by molar-refractivity contribution is 0.0963. The lowest BCUT2D eigenvalue weighted by Gasteiger charge is -2.23. The van der Waals surface area contributed by atoms with E-state index in [0.717, 1.165) is 50.7 Å². The van der Waals surface area contributed by atoms with E-state index in [-0.39, 0.29) is 5.91 Å². The number of hydrogen-bond acceptors (Lipinski definition) is 3. The van der Waals surface area contributed by atoms with Crippen LogP contribution in [-0.4, -0.2) is 62.6 Å². The number of hydrogen-bond donors (Lipinski definition) is 3. The van der Waals surface area contributed by atoms with Gasteiger partial charge in [-0.2, -0.15) is 0 Å². The Morgan fingerprint density at radius 1 is 1.23 bits per heavy atom. The van der Waals surface area contributed by atoms with E-state index in [4.69, 9.17) is 0 Å². The van der Waals surface area contributed by atoms with Crippen LogP contribution in [0.15, 0.2) is 29.3 Å². The third-order valence-corrected chi connectivity index (χ3v) is 4.26. The molecule has 146 valence electrons. The van der Waals surface area contributed by atoms with Gasteiger partial charge < -0.3 is 16.0 Å². The summed E-state index contributed by atoms with van der Waals surface area (Å²) in [6, 6.07) is 8.27. The highest BCUT2D eigenvalue weighted by atomic mass is 16.1. The van der Waals surface area contributed by atoms with E-state index in [1.807, 2.05) is 24.3 Å². The number of rotatable bonds is 10. The second-order valence-corrected chi connectivity index (χ2v) is 6.44. The number of benzene rings is 1. The molecular formula is C20H35N5O. The average Bonchev–Trinajstić information content (AvgIpc) is 2.64. The SMILES string of the molecule is CCNC(=NCCN(CC)C(C)C)NCCc1cccc(C(=O)NC)c1. The van der Waals surface area contributed by atoms with Crippen LogP contribution in [0, 0.1) is 0 Å². The van der Waals surface area contributed by atoms with Crippen LogP contribution in [0.4, 0.5) is 0 Å². The molecule has 0 aliphatic carbocycles. The van der Waals surface area contributed by atoms with Gasteiger partial charge in [-0.05, 0) is 51.4 Å². The molecule has 0 atom stereocenters. The van der Waals surface area contributed by atoms with Crippen molar-refractivity contribution < 1.29 is 4.79 Å². The second-order valence-electron chi connectivity index (χ2n) is 6.44. The van der Waals surface area contributed by atoms with Crippen molar-refractivity contribution in [3.63, 3.8) is 0 Å². The first-order valence-corrected chi connectivity index (χ1v) is 9.59. The van der Waals surface area contributed by atoms with E-state index in [9.17, 15) is 4.79 Å². The van der Waals surface area contributed by atoms with Crippen molar-refractivity contribution in [2.75, 3.05) is 39.8 Å². The Bertz CT molecular complexity index is 571. The molecule has 0 heterocycles. The van der Waals surface area contributed by atoms with E-state index in [0.29, 0.717) is 11.6 Å². The Balaban J connectivity index is 2.53. The molecule has 1 amide bonds. The van der Waals surface area contributed by atoms with Crippen LogP contribution in [0.1, 0.15) is 43.6 Å². The van der Waals surface area contributed by atoms with Crippen LogP contribution in [0.2, 0.25) is 0 Å². The van der Waals surface area contributed by atoms with Gasteiger partial charge in [-0.1, -0.05) is 19.1 Å². The fraction of sp³-hybridized carbons (Fsp3) is 0.600. The molecular weight excluding hydrogens is 326 g/mol. The Morgan fingerprint density at radius 2 is 2.00 bits per heavy atom. The summed E-state index contributed by atoms with van der Waals surface area (Å²) in [5.41, 5.74) is 1.82. The molecule has 0 saturated carbocycles. The Morgan fingerprint density at radius 3 is 2.62 bits per heavy atom. The molecule has 0 radical (unpaired) electrons. The van der Waals surface area contributed by atoms with Crippen LogP contribution in [-0.2, 0) is 6.42 Å². The molecule has 6 heteroatoms. The molecule has 1 rings (SSSR count). The first-order chi connectivity index (χ1) is 12.5. The van der Waals surface area contributed by atoms with Crippen molar-refractivity contribution >= 4 is 11.9 Å². The summed E-state index contributed by atoms with van der Waals surface area (Å²) in [4.78, 5) is 18.8. The van der Waals surface area contributed by atoms with Crippen molar-refractivity contribution in [3.05, 3.63) is 35.4 Å². The van der Waals surface area contributed by atoms with E-state index >= 15 is 0 Å². The standard InChI is InChI=1S/C20H35N5O/c1-6-22-20(24-13-14-25(7-2)16(3)4)23-12-11-17-9-8-10-18(15-17)19(26)21-5/h8-10,15-16H,6-7,11-14H2,1-5H3,(H,21,26)(H2,22,23,24). The number of nitrogens with one attached hydrogen (secondary N) is 3. The minimum Gasteiger partial charge on any atom is -0.357 e. The molecule has 0 saturated heterocycles. The maximum atomic E-state index is 11.7. The van der Waals surface area contributed by atoms with E-state index in [1.54, 1.807) is 7.05 Å². The van der Waals surface area contributed by atoms with Gasteiger partial charge in [0, 0.05) is 38.3 Å². The molecule has 3 N–H and O–H groups in total. The topological polar surface area (TPSA) is 68.8 Å². The summed E-state index contributed by atoms with van der Waals surface area (Å²) >= 11 is 0. The number of carbonyl (C=O) groups is 1. The molecule has 6 nitrogen and oxygen atoms in total. The van der Waals surface area contributed by atoms with Crippen LogP contribution in [0.3, 0.4) is 0 Å². The third-order valence-electron chi connectivity index (χ3n) is 4.26. The van der Waals surface area contributed by atoms with Crippen molar-refractivity contribution in [3.8, 4) is 0 Å². The number of aliphatic imine (C=N–C) groups is 1. The van der Waals surface area contributed by atoms with Gasteiger partial charge in [0.05, 0.1) is 6.54 Å². The zero-order valence-electron chi connectivity index (χ0n) is 16.9. The monoisotopic (exact) mass is 361 g/mol. The molecule has 0 spiro atoms. The predicted molar refractivity (Wildman–Crippen MR) is 110 cm³/mol. The second kappa shape index (κ2) is 12.3. The largest absolute Gasteiger partial charge is 0.357 e. The van der Waals surface area contributed by atoms with E-state index < -0.39 is 0 Å². The molecule has 0 aliphatic rings. The predicted octanol–water partition coefficient (Wildman–Crippen LogP) is 1.87. The normalized spacial score (nSPS) is 11.7. The van der Waals surface area contributed by atoms with E-state index in [2.05, 4.69) is 53.5 Å². The minimum atomic E-state index is -0.0552. The zero-order valence-corrected chi connectivity index (χ0v) is 16.9. The highest BCUT2D eigenvalue weighted by Crippen LogP contribution is 2.05. The number of nitrogens with zero attached hydrogens (tertiary/aromatic N) is 2. The van der Waals surface area contributed by atoms with Gasteiger partial charge in [0.2, 0.25) is 0 Å². The van der Waals surface area contributed by atoms with Crippen molar-refractivity contribution in [1.29, 1.82) is 0 Å². The van der Waals surface area contributed by atoms with Gasteiger partial charge in [0.15, 0.2) is 5.96 Å². The average molecular weight is 362 g/mol. The number of guanidine groups is 1. The zero-order chi connectivity index (χ0) is 19.4. The van der Waals surface area contributed by atoms with Gasteiger partial charge in [-0.15, -0.1) is 0 Å². The molecule has 26 heavy (non-hydrogen) atoms. The maximum absolute atomic E-state index is 11.7.